The van der Waals surface area contributed by atoms with Crippen LogP contribution in [0, 0.1) is 10.1 Å². The smallest absolute Gasteiger partial charge is 0.311 e. The van der Waals surface area contributed by atoms with E-state index in [9.17, 15) is 25.1 Å². The number of H-pyrrole nitrogens is 1. The van der Waals surface area contributed by atoms with Gasteiger partial charge in [-0.15, -0.1) is 0 Å². The van der Waals surface area contributed by atoms with Crippen molar-refractivity contribution in [3.05, 3.63) is 52.1 Å². The van der Waals surface area contributed by atoms with Crippen LogP contribution in [0.5, 0.6) is 11.5 Å². The topological polar surface area (TPSA) is 154 Å². The molecule has 0 saturated heterocycles. The van der Waals surface area contributed by atoms with E-state index in [1.165, 1.54) is 11.8 Å². The third-order valence-corrected chi connectivity index (χ3v) is 4.29. The van der Waals surface area contributed by atoms with E-state index >= 15 is 0 Å². The van der Waals surface area contributed by atoms with Crippen molar-refractivity contribution in [2.24, 2.45) is 5.10 Å². The second-order valence-electron chi connectivity index (χ2n) is 5.30. The highest BCUT2D eigenvalue weighted by Crippen LogP contribution is 2.31. The van der Waals surface area contributed by atoms with Crippen LogP contribution in [0.15, 0.2) is 46.7 Å². The van der Waals surface area contributed by atoms with Gasteiger partial charge in [0.05, 0.1) is 27.9 Å². The second-order valence-corrected chi connectivity index (χ2v) is 6.26. The number of thioether (sulfide) groups is 1. The van der Waals surface area contributed by atoms with Crippen molar-refractivity contribution in [3.63, 3.8) is 0 Å². The van der Waals surface area contributed by atoms with Gasteiger partial charge in [0, 0.05) is 17.7 Å². The fraction of sp³-hybridized carbons (Fsp3) is 0.0625. The van der Waals surface area contributed by atoms with Gasteiger partial charge in [0.15, 0.2) is 10.9 Å². The van der Waals surface area contributed by atoms with Crippen LogP contribution in [0.3, 0.4) is 0 Å². The summed E-state index contributed by atoms with van der Waals surface area (Å²) < 4.78 is 0. The number of hydrogen-bond acceptors (Lipinski definition) is 8. The Morgan fingerprint density at radius 3 is 2.85 bits per heavy atom. The van der Waals surface area contributed by atoms with Crippen molar-refractivity contribution in [1.82, 2.24) is 15.4 Å². The molecule has 1 amide bonds. The summed E-state index contributed by atoms with van der Waals surface area (Å²) in [6.07, 6.45) is 1.05. The van der Waals surface area contributed by atoms with E-state index in [0.29, 0.717) is 5.16 Å². The number of amides is 1. The van der Waals surface area contributed by atoms with Gasteiger partial charge in [-0.2, -0.15) is 5.10 Å². The molecule has 3 rings (SSSR count). The number of fused-ring (bicyclic) bond motifs is 1. The first-order chi connectivity index (χ1) is 12.9. The predicted octanol–water partition coefficient (Wildman–Crippen LogP) is 2.12. The van der Waals surface area contributed by atoms with E-state index in [0.717, 1.165) is 29.4 Å². The molecule has 1 heterocycles. The Kier molecular flexibility index (Phi) is 5.22. The molecule has 27 heavy (non-hydrogen) atoms. The summed E-state index contributed by atoms with van der Waals surface area (Å²) in [6.45, 7) is 0. The molecule has 0 unspecified atom stereocenters. The average molecular weight is 387 g/mol. The number of aromatic amines is 1. The summed E-state index contributed by atoms with van der Waals surface area (Å²) in [6, 6.07) is 9.24. The van der Waals surface area contributed by atoms with Gasteiger partial charge >= 0.3 is 5.69 Å². The maximum absolute atomic E-state index is 11.8. The second kappa shape index (κ2) is 7.74. The highest BCUT2D eigenvalue weighted by molar-refractivity contribution is 7.99. The Labute approximate surface area is 156 Å². The number of hydrazone groups is 1. The van der Waals surface area contributed by atoms with E-state index in [-0.39, 0.29) is 11.3 Å². The van der Waals surface area contributed by atoms with Crippen LogP contribution in [0.2, 0.25) is 0 Å². The van der Waals surface area contributed by atoms with Crippen LogP contribution in [0.1, 0.15) is 5.56 Å². The van der Waals surface area contributed by atoms with Crippen LogP contribution < -0.4 is 5.43 Å². The molecule has 0 atom stereocenters. The van der Waals surface area contributed by atoms with Crippen LogP contribution in [0.25, 0.3) is 11.0 Å². The number of carbonyl (C=O) groups is 1. The standard InChI is InChI=1S/C16H13N5O5S/c22-13-6-14(23)12(21(25)26)5-9(13)7-17-20-15(24)8-27-16-18-10-3-1-2-4-11(10)19-16/h1-7,22-23H,8H2,(H,18,19)(H,20,24)/b17-7-. The number of rotatable bonds is 6. The lowest BCUT2D eigenvalue weighted by molar-refractivity contribution is -0.385. The van der Waals surface area contributed by atoms with Gasteiger partial charge in [-0.3, -0.25) is 14.9 Å². The van der Waals surface area contributed by atoms with Gasteiger partial charge in [-0.1, -0.05) is 23.9 Å². The van der Waals surface area contributed by atoms with Gasteiger partial charge in [-0.25, -0.2) is 10.4 Å². The number of nitro benzene ring substituents is 1. The molecule has 0 radical (unpaired) electrons. The quantitative estimate of drug-likeness (QED) is 0.219. The number of nitrogens with one attached hydrogen (secondary N) is 2. The van der Waals surface area contributed by atoms with Crippen LogP contribution in [-0.4, -0.2) is 43.0 Å². The Balaban J connectivity index is 1.58. The summed E-state index contributed by atoms with van der Waals surface area (Å²) >= 11 is 1.19. The monoisotopic (exact) mass is 387 g/mol. The minimum atomic E-state index is -0.797. The van der Waals surface area contributed by atoms with Crippen molar-refractivity contribution in [2.45, 2.75) is 5.16 Å². The molecule has 0 aliphatic carbocycles. The number of benzene rings is 2. The van der Waals surface area contributed by atoms with E-state index in [1.807, 2.05) is 24.3 Å². The van der Waals surface area contributed by atoms with Crippen molar-refractivity contribution in [3.8, 4) is 11.5 Å². The number of para-hydroxylation sites is 2. The van der Waals surface area contributed by atoms with Gasteiger partial charge in [-0.05, 0) is 12.1 Å². The number of imidazole rings is 1. The maximum atomic E-state index is 11.8. The molecule has 4 N–H and O–H groups in total. The molecule has 1 aromatic heterocycles. The lowest BCUT2D eigenvalue weighted by atomic mass is 10.2. The van der Waals surface area contributed by atoms with Gasteiger partial charge in [0.25, 0.3) is 5.91 Å². The molecule has 0 saturated carbocycles. The molecule has 0 aliphatic rings. The zero-order chi connectivity index (χ0) is 19.4. The third kappa shape index (κ3) is 4.33. The van der Waals surface area contributed by atoms with E-state index in [1.54, 1.807) is 0 Å². The zero-order valence-electron chi connectivity index (χ0n) is 13.6. The van der Waals surface area contributed by atoms with Crippen LogP contribution in [-0.2, 0) is 4.79 Å². The molecule has 138 valence electrons. The molecule has 0 aliphatic heterocycles. The van der Waals surface area contributed by atoms with Crippen LogP contribution >= 0.6 is 11.8 Å². The highest BCUT2D eigenvalue weighted by atomic mass is 32.2. The zero-order valence-corrected chi connectivity index (χ0v) is 14.4. The molecule has 0 bridgehead atoms. The third-order valence-electron chi connectivity index (χ3n) is 3.42. The maximum Gasteiger partial charge on any atom is 0.311 e. The van der Waals surface area contributed by atoms with E-state index in [4.69, 9.17) is 0 Å². The Bertz CT molecular complexity index is 1020. The van der Waals surface area contributed by atoms with Gasteiger partial charge in [0.1, 0.15) is 5.75 Å². The fourth-order valence-electron chi connectivity index (χ4n) is 2.17. The minimum Gasteiger partial charge on any atom is -0.507 e. The van der Waals surface area contributed by atoms with E-state index < -0.39 is 28.0 Å². The Hall–Kier alpha value is -3.60. The number of hydrogen-bond donors (Lipinski definition) is 4. The molecule has 10 nitrogen and oxygen atoms in total. The molecular formula is C16H13N5O5S. The number of phenolic OH excluding ortho intramolecular Hbond substituents is 2. The fourth-order valence-corrected chi connectivity index (χ4v) is 2.85. The number of nitrogens with zero attached hydrogens (tertiary/aromatic N) is 3. The molecule has 0 spiro atoms. The number of aromatic nitrogens is 2. The first kappa shape index (κ1) is 18.2. The van der Waals surface area contributed by atoms with Crippen LogP contribution in [0.4, 0.5) is 5.69 Å². The number of aromatic hydroxyl groups is 2. The SMILES string of the molecule is O=C(CSc1nc2ccccc2[nH]1)N/N=C\c1cc([N+](=O)[O-])c(O)cc1O. The number of phenols is 2. The largest absolute Gasteiger partial charge is 0.507 e. The van der Waals surface area contributed by atoms with Gasteiger partial charge in [0.2, 0.25) is 0 Å². The van der Waals surface area contributed by atoms with Gasteiger partial charge < -0.3 is 15.2 Å². The highest BCUT2D eigenvalue weighted by Gasteiger charge is 2.16. The molecule has 0 fully saturated rings. The normalized spacial score (nSPS) is 11.1. The van der Waals surface area contributed by atoms with Crippen molar-refractivity contribution < 1.29 is 19.9 Å². The number of nitro groups is 1. The molecule has 2 aromatic carbocycles. The summed E-state index contributed by atoms with van der Waals surface area (Å²) in [5, 5.41) is 34.1. The lowest BCUT2D eigenvalue weighted by Gasteiger charge is -2.02. The number of carbonyl (C=O) groups excluding carboxylic acids is 1. The van der Waals surface area contributed by atoms with Crippen molar-refractivity contribution in [1.29, 1.82) is 0 Å². The minimum absolute atomic E-state index is 0.0234. The Morgan fingerprint density at radius 2 is 2.11 bits per heavy atom. The summed E-state index contributed by atoms with van der Waals surface area (Å²) in [5.74, 6) is -1.46. The molecule has 3 aromatic rings. The summed E-state index contributed by atoms with van der Waals surface area (Å²) in [7, 11) is 0. The lowest BCUT2D eigenvalue weighted by Crippen LogP contribution is -2.19. The van der Waals surface area contributed by atoms with Crippen molar-refractivity contribution in [2.75, 3.05) is 5.75 Å². The predicted molar refractivity (Wildman–Crippen MR) is 99.0 cm³/mol. The van der Waals surface area contributed by atoms with Crippen molar-refractivity contribution >= 4 is 40.6 Å². The first-order valence-electron chi connectivity index (χ1n) is 7.54. The summed E-state index contributed by atoms with van der Waals surface area (Å²) in [5.41, 5.74) is 3.30. The molecular weight excluding hydrogens is 374 g/mol. The van der Waals surface area contributed by atoms with E-state index in [2.05, 4.69) is 20.5 Å². The first-order valence-corrected chi connectivity index (χ1v) is 8.52. The summed E-state index contributed by atoms with van der Waals surface area (Å²) in [4.78, 5) is 29.2. The Morgan fingerprint density at radius 1 is 1.33 bits per heavy atom. The molecule has 11 heteroatoms. The average Bonchev–Trinajstić information content (AvgIpc) is 3.04.